The van der Waals surface area contributed by atoms with E-state index in [4.69, 9.17) is 0 Å². The number of rotatable bonds is 6. The number of carbonyl (C=O) groups is 2. The number of Topliss-reactive ketones (excluding diaryl/α,β-unsaturated/α-hetero) is 1. The van der Waals surface area contributed by atoms with E-state index in [0.717, 1.165) is 5.69 Å². The third kappa shape index (κ3) is 3.99. The van der Waals surface area contributed by atoms with Gasteiger partial charge in [-0.15, -0.1) is 11.3 Å². The molecule has 2 heterocycles. The number of pyridine rings is 1. The molecule has 5 heteroatoms. The van der Waals surface area contributed by atoms with Crippen LogP contribution in [0.4, 0.5) is 0 Å². The molecule has 2 aromatic heterocycles. The van der Waals surface area contributed by atoms with Gasteiger partial charge in [-0.3, -0.25) is 14.6 Å². The normalized spacial score (nSPS) is 11.8. The van der Waals surface area contributed by atoms with Gasteiger partial charge in [-0.1, -0.05) is 12.1 Å². The van der Waals surface area contributed by atoms with E-state index in [-0.39, 0.29) is 30.6 Å². The first-order valence-corrected chi connectivity index (χ1v) is 7.32. The van der Waals surface area contributed by atoms with Gasteiger partial charge in [0.25, 0.3) is 0 Å². The Morgan fingerprint density at radius 2 is 2.10 bits per heavy atom. The number of nitrogens with one attached hydrogen (secondary N) is 1. The summed E-state index contributed by atoms with van der Waals surface area (Å²) in [5, 5.41) is 4.70. The second kappa shape index (κ2) is 6.96. The third-order valence-electron chi connectivity index (χ3n) is 2.88. The van der Waals surface area contributed by atoms with Crippen molar-refractivity contribution in [1.29, 1.82) is 0 Å². The van der Waals surface area contributed by atoms with Crippen LogP contribution in [0, 0.1) is 0 Å². The molecule has 0 saturated heterocycles. The summed E-state index contributed by atoms with van der Waals surface area (Å²) >= 11 is 1.40. The van der Waals surface area contributed by atoms with Crippen LogP contribution in [0.25, 0.3) is 0 Å². The first-order valence-electron chi connectivity index (χ1n) is 6.44. The molecule has 0 aliphatic carbocycles. The molecule has 2 rings (SSSR count). The number of ketones is 1. The lowest BCUT2D eigenvalue weighted by atomic mass is 10.1. The maximum atomic E-state index is 11.8. The van der Waals surface area contributed by atoms with Crippen molar-refractivity contribution < 1.29 is 9.59 Å². The molecule has 1 N–H and O–H groups in total. The number of nitrogens with zero attached hydrogens (tertiary/aromatic N) is 1. The molecule has 1 atom stereocenters. The average molecular weight is 288 g/mol. The van der Waals surface area contributed by atoms with Gasteiger partial charge in [0.1, 0.15) is 0 Å². The molecule has 0 spiro atoms. The molecule has 0 bridgehead atoms. The molecule has 104 valence electrons. The molecular weight excluding hydrogens is 272 g/mol. The van der Waals surface area contributed by atoms with E-state index in [9.17, 15) is 9.59 Å². The van der Waals surface area contributed by atoms with E-state index >= 15 is 0 Å². The van der Waals surface area contributed by atoms with Crippen LogP contribution in [0.2, 0.25) is 0 Å². The van der Waals surface area contributed by atoms with Crippen molar-refractivity contribution in [1.82, 2.24) is 10.3 Å². The van der Waals surface area contributed by atoms with E-state index < -0.39 is 0 Å². The number of amides is 1. The SMILES string of the molecule is C[C@@H](NC(=O)CCC(=O)c1cccs1)c1ccccn1. The van der Waals surface area contributed by atoms with Crippen LogP contribution in [0.1, 0.15) is 41.2 Å². The second-order valence-corrected chi connectivity index (χ2v) is 5.39. The molecule has 0 aromatic carbocycles. The smallest absolute Gasteiger partial charge is 0.220 e. The molecule has 4 nitrogen and oxygen atoms in total. The summed E-state index contributed by atoms with van der Waals surface area (Å²) in [6.07, 6.45) is 2.13. The van der Waals surface area contributed by atoms with Crippen molar-refractivity contribution in [3.8, 4) is 0 Å². The summed E-state index contributed by atoms with van der Waals surface area (Å²) in [7, 11) is 0. The number of aromatic nitrogens is 1. The largest absolute Gasteiger partial charge is 0.348 e. The van der Waals surface area contributed by atoms with E-state index in [0.29, 0.717) is 4.88 Å². The standard InChI is InChI=1S/C15H16N2O2S/c1-11(12-5-2-3-9-16-12)17-15(19)8-7-13(18)14-6-4-10-20-14/h2-6,9-11H,7-8H2,1H3,(H,17,19)/t11-/m1/s1. The van der Waals surface area contributed by atoms with Gasteiger partial charge in [0.15, 0.2) is 5.78 Å². The maximum Gasteiger partial charge on any atom is 0.220 e. The molecule has 2 aromatic rings. The molecule has 0 saturated carbocycles. The van der Waals surface area contributed by atoms with Gasteiger partial charge < -0.3 is 5.32 Å². The summed E-state index contributed by atoms with van der Waals surface area (Å²) < 4.78 is 0. The number of hydrogen-bond donors (Lipinski definition) is 1. The predicted molar refractivity (Wildman–Crippen MR) is 78.7 cm³/mol. The van der Waals surface area contributed by atoms with Gasteiger partial charge >= 0.3 is 0 Å². The van der Waals surface area contributed by atoms with Crippen LogP contribution < -0.4 is 5.32 Å². The highest BCUT2D eigenvalue weighted by molar-refractivity contribution is 7.12. The number of hydrogen-bond acceptors (Lipinski definition) is 4. The van der Waals surface area contributed by atoms with Gasteiger partial charge in [-0.2, -0.15) is 0 Å². The van der Waals surface area contributed by atoms with E-state index in [1.807, 2.05) is 36.6 Å². The first-order chi connectivity index (χ1) is 9.66. The Kier molecular flexibility index (Phi) is 5.01. The molecule has 0 aliphatic heterocycles. The monoisotopic (exact) mass is 288 g/mol. The number of carbonyl (C=O) groups excluding carboxylic acids is 2. The van der Waals surface area contributed by atoms with Crippen molar-refractivity contribution in [3.63, 3.8) is 0 Å². The fourth-order valence-electron chi connectivity index (χ4n) is 1.81. The Morgan fingerprint density at radius 3 is 2.75 bits per heavy atom. The lowest BCUT2D eigenvalue weighted by molar-refractivity contribution is -0.121. The van der Waals surface area contributed by atoms with Crippen molar-refractivity contribution in [2.75, 3.05) is 0 Å². The molecule has 0 aliphatic rings. The van der Waals surface area contributed by atoms with Crippen LogP contribution in [0.5, 0.6) is 0 Å². The van der Waals surface area contributed by atoms with E-state index in [1.54, 1.807) is 12.3 Å². The topological polar surface area (TPSA) is 59.1 Å². The fraction of sp³-hybridized carbons (Fsp3) is 0.267. The molecule has 0 radical (unpaired) electrons. The Bertz CT molecular complexity index is 567. The molecular formula is C15H16N2O2S. The van der Waals surface area contributed by atoms with Crippen LogP contribution in [0.15, 0.2) is 41.9 Å². The number of thiophene rings is 1. The Morgan fingerprint density at radius 1 is 1.25 bits per heavy atom. The lowest BCUT2D eigenvalue weighted by Gasteiger charge is -2.12. The van der Waals surface area contributed by atoms with E-state index in [1.165, 1.54) is 11.3 Å². The first kappa shape index (κ1) is 14.4. The Labute approximate surface area is 121 Å². The molecule has 0 fully saturated rings. The highest BCUT2D eigenvalue weighted by atomic mass is 32.1. The summed E-state index contributed by atoms with van der Waals surface area (Å²) in [5.41, 5.74) is 0.811. The fourth-order valence-corrected chi connectivity index (χ4v) is 2.50. The van der Waals surface area contributed by atoms with Crippen molar-refractivity contribution in [3.05, 3.63) is 52.5 Å². The zero-order valence-electron chi connectivity index (χ0n) is 11.2. The molecule has 20 heavy (non-hydrogen) atoms. The van der Waals surface area contributed by atoms with Crippen molar-refractivity contribution >= 4 is 23.0 Å². The quantitative estimate of drug-likeness (QED) is 0.831. The van der Waals surface area contributed by atoms with Gasteiger partial charge in [0, 0.05) is 19.0 Å². The second-order valence-electron chi connectivity index (χ2n) is 4.44. The minimum Gasteiger partial charge on any atom is -0.348 e. The summed E-state index contributed by atoms with van der Waals surface area (Å²) in [4.78, 5) is 28.5. The van der Waals surface area contributed by atoms with Gasteiger partial charge in [-0.25, -0.2) is 0 Å². The predicted octanol–water partition coefficient (Wildman–Crippen LogP) is 2.98. The Hall–Kier alpha value is -2.01. The minimum absolute atomic E-state index is 0.0145. The molecule has 1 amide bonds. The zero-order valence-corrected chi connectivity index (χ0v) is 12.0. The van der Waals surface area contributed by atoms with Crippen LogP contribution in [-0.4, -0.2) is 16.7 Å². The highest BCUT2D eigenvalue weighted by Crippen LogP contribution is 2.13. The summed E-state index contributed by atoms with van der Waals surface area (Å²) in [6, 6.07) is 9.04. The van der Waals surface area contributed by atoms with E-state index in [2.05, 4.69) is 10.3 Å². The van der Waals surface area contributed by atoms with Gasteiger partial charge in [0.05, 0.1) is 16.6 Å². The highest BCUT2D eigenvalue weighted by Gasteiger charge is 2.13. The summed E-state index contributed by atoms with van der Waals surface area (Å²) in [6.45, 7) is 1.88. The summed E-state index contributed by atoms with van der Waals surface area (Å²) in [5.74, 6) is -0.117. The van der Waals surface area contributed by atoms with Crippen molar-refractivity contribution in [2.24, 2.45) is 0 Å². The maximum absolute atomic E-state index is 11.8. The Balaban J connectivity index is 1.80. The molecule has 0 unspecified atom stereocenters. The van der Waals surface area contributed by atoms with Gasteiger partial charge in [-0.05, 0) is 30.5 Å². The van der Waals surface area contributed by atoms with Crippen LogP contribution in [0.3, 0.4) is 0 Å². The van der Waals surface area contributed by atoms with Crippen LogP contribution in [-0.2, 0) is 4.79 Å². The van der Waals surface area contributed by atoms with Crippen LogP contribution >= 0.6 is 11.3 Å². The zero-order chi connectivity index (χ0) is 14.4. The lowest BCUT2D eigenvalue weighted by Crippen LogP contribution is -2.27. The van der Waals surface area contributed by atoms with Gasteiger partial charge in [0.2, 0.25) is 5.91 Å². The average Bonchev–Trinajstić information content (AvgIpc) is 3.00. The third-order valence-corrected chi connectivity index (χ3v) is 3.79. The van der Waals surface area contributed by atoms with Crippen molar-refractivity contribution in [2.45, 2.75) is 25.8 Å². The minimum atomic E-state index is -0.152.